The van der Waals surface area contributed by atoms with E-state index in [9.17, 15) is 0 Å². The summed E-state index contributed by atoms with van der Waals surface area (Å²) in [6.07, 6.45) is 4.33. The molecule has 0 saturated carbocycles. The van der Waals surface area contributed by atoms with E-state index in [1.165, 1.54) is 18.2 Å². The molecule has 2 heteroatoms. The number of thioether (sulfide) groups is 1. The predicted octanol–water partition coefficient (Wildman–Crippen LogP) is 1.57. The first-order valence-electron chi connectivity index (χ1n) is 3.34. The van der Waals surface area contributed by atoms with Crippen molar-refractivity contribution < 1.29 is 0 Å². The lowest BCUT2D eigenvalue weighted by Crippen LogP contribution is -2.18. The van der Waals surface area contributed by atoms with Crippen LogP contribution in [0.5, 0.6) is 0 Å². The van der Waals surface area contributed by atoms with Gasteiger partial charge in [0.15, 0.2) is 0 Å². The Morgan fingerprint density at radius 3 is 3.11 bits per heavy atom. The summed E-state index contributed by atoms with van der Waals surface area (Å²) in [5.74, 6) is 2.54. The summed E-state index contributed by atoms with van der Waals surface area (Å²) in [5.41, 5.74) is 0. The van der Waals surface area contributed by atoms with Gasteiger partial charge < -0.3 is 0 Å². The Balaban J connectivity index is 2.11. The highest BCUT2D eigenvalue weighted by atomic mass is 32.2. The van der Waals surface area contributed by atoms with Crippen LogP contribution in [0.1, 0.15) is 6.92 Å². The monoisotopic (exact) mass is 143 g/mol. The second-order valence-electron chi connectivity index (χ2n) is 2.18. The summed E-state index contributed by atoms with van der Waals surface area (Å²) < 4.78 is 0. The van der Waals surface area contributed by atoms with Crippen LogP contribution in [0.25, 0.3) is 0 Å². The van der Waals surface area contributed by atoms with Crippen LogP contribution in [0, 0.1) is 0 Å². The maximum absolute atomic E-state index is 2.45. The Morgan fingerprint density at radius 1 is 1.67 bits per heavy atom. The summed E-state index contributed by atoms with van der Waals surface area (Å²) in [6, 6.07) is 0. The van der Waals surface area contributed by atoms with E-state index in [4.69, 9.17) is 0 Å². The van der Waals surface area contributed by atoms with E-state index < -0.39 is 0 Å². The van der Waals surface area contributed by atoms with Gasteiger partial charge >= 0.3 is 0 Å². The zero-order chi connectivity index (χ0) is 6.53. The molecular weight excluding hydrogens is 130 g/mol. The summed E-state index contributed by atoms with van der Waals surface area (Å²) in [6.45, 7) is 4.49. The second-order valence-corrected chi connectivity index (χ2v) is 3.26. The van der Waals surface area contributed by atoms with Crippen molar-refractivity contribution in [3.05, 3.63) is 12.2 Å². The van der Waals surface area contributed by atoms with Crippen molar-refractivity contribution in [3.63, 3.8) is 0 Å². The third kappa shape index (κ3) is 2.41. The van der Waals surface area contributed by atoms with Crippen LogP contribution in [0.2, 0.25) is 0 Å². The van der Waals surface area contributed by atoms with Crippen LogP contribution < -0.4 is 0 Å². The normalized spacial score (nSPS) is 21.9. The number of allylic oxidation sites excluding steroid dienone is 1. The second kappa shape index (κ2) is 3.96. The first-order valence-corrected chi connectivity index (χ1v) is 4.50. The molecule has 1 nitrogen and oxygen atoms in total. The average molecular weight is 143 g/mol. The van der Waals surface area contributed by atoms with Gasteiger partial charge in [-0.15, -0.1) is 11.8 Å². The Morgan fingerprint density at radius 2 is 2.56 bits per heavy atom. The Bertz CT molecular complexity index is 95.1. The fourth-order valence-corrected chi connectivity index (χ4v) is 1.86. The molecule has 0 aromatic heterocycles. The van der Waals surface area contributed by atoms with E-state index in [-0.39, 0.29) is 0 Å². The SMILES string of the molecule is C/C=C/CN1CCSC1. The summed E-state index contributed by atoms with van der Waals surface area (Å²) >= 11 is 2.02. The largest absolute Gasteiger partial charge is 0.290 e. The van der Waals surface area contributed by atoms with E-state index in [1.54, 1.807) is 0 Å². The molecule has 0 N–H and O–H groups in total. The number of hydrogen-bond acceptors (Lipinski definition) is 2. The van der Waals surface area contributed by atoms with E-state index in [0.29, 0.717) is 0 Å². The highest BCUT2D eigenvalue weighted by molar-refractivity contribution is 7.99. The smallest absolute Gasteiger partial charge is 0.0448 e. The van der Waals surface area contributed by atoms with Gasteiger partial charge in [-0.25, -0.2) is 0 Å². The van der Waals surface area contributed by atoms with Gasteiger partial charge in [-0.2, -0.15) is 0 Å². The zero-order valence-electron chi connectivity index (χ0n) is 5.84. The van der Waals surface area contributed by atoms with Crippen molar-refractivity contribution in [1.29, 1.82) is 0 Å². The van der Waals surface area contributed by atoms with Gasteiger partial charge in [-0.3, -0.25) is 4.90 Å². The van der Waals surface area contributed by atoms with Crippen molar-refractivity contribution in [1.82, 2.24) is 4.90 Å². The molecular formula is C7H13NS. The van der Waals surface area contributed by atoms with Gasteiger partial charge in [0.05, 0.1) is 0 Å². The number of hydrogen-bond donors (Lipinski definition) is 0. The van der Waals surface area contributed by atoms with Gasteiger partial charge in [0, 0.05) is 24.7 Å². The van der Waals surface area contributed by atoms with Gasteiger partial charge in [0.25, 0.3) is 0 Å². The van der Waals surface area contributed by atoms with E-state index >= 15 is 0 Å². The molecule has 1 aliphatic heterocycles. The van der Waals surface area contributed by atoms with Crippen molar-refractivity contribution in [2.45, 2.75) is 6.92 Å². The highest BCUT2D eigenvalue weighted by Crippen LogP contribution is 2.11. The molecule has 0 radical (unpaired) electrons. The van der Waals surface area contributed by atoms with Gasteiger partial charge in [0.1, 0.15) is 0 Å². The molecule has 0 bridgehead atoms. The fourth-order valence-electron chi connectivity index (χ4n) is 0.850. The molecule has 1 aliphatic rings. The van der Waals surface area contributed by atoms with Crippen LogP contribution in [-0.2, 0) is 0 Å². The van der Waals surface area contributed by atoms with Crippen molar-refractivity contribution in [2.75, 3.05) is 24.7 Å². The van der Waals surface area contributed by atoms with Crippen molar-refractivity contribution >= 4 is 11.8 Å². The topological polar surface area (TPSA) is 3.24 Å². The van der Waals surface area contributed by atoms with Crippen molar-refractivity contribution in [2.24, 2.45) is 0 Å². The van der Waals surface area contributed by atoms with Crippen LogP contribution in [0.3, 0.4) is 0 Å². The Kier molecular flexibility index (Phi) is 3.15. The summed E-state index contributed by atoms with van der Waals surface area (Å²) in [5, 5.41) is 0. The molecule has 0 aromatic rings. The predicted molar refractivity (Wildman–Crippen MR) is 43.7 cm³/mol. The molecule has 1 fully saturated rings. The first-order chi connectivity index (χ1) is 4.43. The maximum atomic E-state index is 2.45. The van der Waals surface area contributed by atoms with Crippen molar-refractivity contribution in [3.8, 4) is 0 Å². The minimum Gasteiger partial charge on any atom is -0.290 e. The average Bonchev–Trinajstić information content (AvgIpc) is 2.34. The highest BCUT2D eigenvalue weighted by Gasteiger charge is 2.08. The summed E-state index contributed by atoms with van der Waals surface area (Å²) in [7, 11) is 0. The molecule has 0 spiro atoms. The van der Waals surface area contributed by atoms with Gasteiger partial charge in [-0.1, -0.05) is 12.2 Å². The van der Waals surface area contributed by atoms with Crippen LogP contribution in [0.15, 0.2) is 12.2 Å². The van der Waals surface area contributed by atoms with E-state index in [2.05, 4.69) is 24.0 Å². The molecule has 0 aromatic carbocycles. The number of nitrogens with zero attached hydrogens (tertiary/aromatic N) is 1. The van der Waals surface area contributed by atoms with Crippen LogP contribution in [-0.4, -0.2) is 29.6 Å². The third-order valence-corrected chi connectivity index (χ3v) is 2.44. The minimum atomic E-state index is 1.14. The molecule has 1 rings (SSSR count). The maximum Gasteiger partial charge on any atom is 0.0448 e. The molecule has 52 valence electrons. The lowest BCUT2D eigenvalue weighted by molar-refractivity contribution is 0.396. The lowest BCUT2D eigenvalue weighted by atomic mass is 10.5. The van der Waals surface area contributed by atoms with Crippen LogP contribution >= 0.6 is 11.8 Å². The molecule has 1 saturated heterocycles. The van der Waals surface area contributed by atoms with E-state index in [1.807, 2.05) is 11.8 Å². The minimum absolute atomic E-state index is 1.14. The fraction of sp³-hybridized carbons (Fsp3) is 0.714. The molecule has 0 amide bonds. The molecule has 1 heterocycles. The Labute approximate surface area is 61.1 Å². The summed E-state index contributed by atoms with van der Waals surface area (Å²) in [4.78, 5) is 2.45. The quantitative estimate of drug-likeness (QED) is 0.540. The molecule has 0 aliphatic carbocycles. The lowest BCUT2D eigenvalue weighted by Gasteiger charge is -2.08. The standard InChI is InChI=1S/C7H13NS/c1-2-3-4-8-5-6-9-7-8/h2-3H,4-7H2,1H3/b3-2+. The number of rotatable bonds is 2. The van der Waals surface area contributed by atoms with Gasteiger partial charge in [-0.05, 0) is 6.92 Å². The molecule has 0 atom stereocenters. The van der Waals surface area contributed by atoms with E-state index in [0.717, 1.165) is 6.54 Å². The van der Waals surface area contributed by atoms with Crippen LogP contribution in [0.4, 0.5) is 0 Å². The molecule has 0 unspecified atom stereocenters. The molecule has 9 heavy (non-hydrogen) atoms. The zero-order valence-corrected chi connectivity index (χ0v) is 6.66. The first kappa shape index (κ1) is 7.16. The van der Waals surface area contributed by atoms with Gasteiger partial charge in [0.2, 0.25) is 0 Å². The Hall–Kier alpha value is 0.0500. The third-order valence-electron chi connectivity index (χ3n) is 1.43.